The molecule has 5 nitrogen and oxygen atoms in total. The molecule has 0 aliphatic heterocycles. The molecule has 0 aliphatic carbocycles. The summed E-state index contributed by atoms with van der Waals surface area (Å²) in [5, 5.41) is 9.82. The van der Waals surface area contributed by atoms with E-state index < -0.39 is 0 Å². The first kappa shape index (κ1) is 17.2. The molecule has 0 aliphatic rings. The van der Waals surface area contributed by atoms with Gasteiger partial charge in [-0.3, -0.25) is 4.79 Å². The average Bonchev–Trinajstić information content (AvgIpc) is 2.80. The molecule has 6 heteroatoms. The number of carbonyl (C=O) groups excluding carboxylic acids is 1. The van der Waals surface area contributed by atoms with Crippen molar-refractivity contribution < 1.29 is 9.32 Å². The van der Waals surface area contributed by atoms with E-state index in [4.69, 9.17) is 4.52 Å². The van der Waals surface area contributed by atoms with Crippen LogP contribution in [0.2, 0.25) is 0 Å². The van der Waals surface area contributed by atoms with Crippen LogP contribution in [0.25, 0.3) is 0 Å². The average molecular weight is 310 g/mol. The van der Waals surface area contributed by atoms with Gasteiger partial charge in [-0.1, -0.05) is 24.2 Å². The molecule has 1 aromatic carbocycles. The van der Waals surface area contributed by atoms with Crippen LogP contribution in [0.15, 0.2) is 28.8 Å². The lowest BCUT2D eigenvalue weighted by atomic mass is 10.1. The summed E-state index contributed by atoms with van der Waals surface area (Å²) in [5.41, 5.74) is 3.03. The van der Waals surface area contributed by atoms with Crippen LogP contribution in [0.4, 0.5) is 5.69 Å². The Morgan fingerprint density at radius 1 is 1.38 bits per heavy atom. The number of carbonyl (C=O) groups is 1. The minimum Gasteiger partial charge on any atom is -0.360 e. The van der Waals surface area contributed by atoms with Crippen molar-refractivity contribution in [3.63, 3.8) is 0 Å². The molecule has 1 heterocycles. The number of benzene rings is 1. The molecule has 0 saturated carbocycles. The van der Waals surface area contributed by atoms with Gasteiger partial charge in [0.05, 0.1) is 5.69 Å². The predicted octanol–water partition coefficient (Wildman–Crippen LogP) is 2.94. The standard InChI is InChI=1S/C15H19N3O2.ClH/c1-4-13-14(10(2)18-20-13)15(19)17-12-7-5-6-11(8-12)9-16-3;/h5-8,16H,4,9H2,1-3H3,(H,17,19);1H. The topological polar surface area (TPSA) is 67.2 Å². The summed E-state index contributed by atoms with van der Waals surface area (Å²) in [7, 11) is 1.89. The van der Waals surface area contributed by atoms with Gasteiger partial charge in [-0.25, -0.2) is 0 Å². The molecule has 0 saturated heterocycles. The van der Waals surface area contributed by atoms with Crippen molar-refractivity contribution in [3.8, 4) is 0 Å². The highest BCUT2D eigenvalue weighted by molar-refractivity contribution is 6.05. The van der Waals surface area contributed by atoms with Gasteiger partial charge in [-0.2, -0.15) is 0 Å². The molecule has 0 radical (unpaired) electrons. The fraction of sp³-hybridized carbons (Fsp3) is 0.333. The summed E-state index contributed by atoms with van der Waals surface area (Å²) in [6.45, 7) is 4.47. The van der Waals surface area contributed by atoms with Crippen LogP contribution in [0.3, 0.4) is 0 Å². The third-order valence-electron chi connectivity index (χ3n) is 3.05. The monoisotopic (exact) mass is 309 g/mol. The largest absolute Gasteiger partial charge is 0.360 e. The highest BCUT2D eigenvalue weighted by Gasteiger charge is 2.19. The summed E-state index contributed by atoms with van der Waals surface area (Å²) in [4.78, 5) is 12.3. The van der Waals surface area contributed by atoms with Gasteiger partial charge >= 0.3 is 0 Å². The first-order chi connectivity index (χ1) is 9.65. The van der Waals surface area contributed by atoms with Crippen LogP contribution in [0.1, 0.15) is 34.3 Å². The molecule has 2 aromatic rings. The lowest BCUT2D eigenvalue weighted by Gasteiger charge is -2.07. The normalized spacial score (nSPS) is 10.0. The minimum atomic E-state index is -0.179. The van der Waals surface area contributed by atoms with Gasteiger partial charge in [0.25, 0.3) is 5.91 Å². The van der Waals surface area contributed by atoms with E-state index in [2.05, 4.69) is 15.8 Å². The van der Waals surface area contributed by atoms with Crippen LogP contribution in [0, 0.1) is 6.92 Å². The maximum absolute atomic E-state index is 12.3. The second kappa shape index (κ2) is 7.81. The summed E-state index contributed by atoms with van der Waals surface area (Å²) >= 11 is 0. The zero-order valence-corrected chi connectivity index (χ0v) is 13.2. The molecule has 2 N–H and O–H groups in total. The fourth-order valence-corrected chi connectivity index (χ4v) is 2.11. The van der Waals surface area contributed by atoms with Crippen LogP contribution >= 0.6 is 12.4 Å². The molecule has 0 spiro atoms. The number of hydrogen-bond donors (Lipinski definition) is 2. The van der Waals surface area contributed by atoms with E-state index in [1.165, 1.54) is 0 Å². The quantitative estimate of drug-likeness (QED) is 0.891. The van der Waals surface area contributed by atoms with Gasteiger partial charge in [0, 0.05) is 18.7 Å². The number of aryl methyl sites for hydroxylation is 2. The summed E-state index contributed by atoms with van der Waals surface area (Å²) in [6, 6.07) is 7.74. The summed E-state index contributed by atoms with van der Waals surface area (Å²) < 4.78 is 5.14. The first-order valence-corrected chi connectivity index (χ1v) is 6.65. The molecule has 2 rings (SSSR count). The number of halogens is 1. The molecule has 21 heavy (non-hydrogen) atoms. The molecule has 1 aromatic heterocycles. The Kier molecular flexibility index (Phi) is 6.39. The van der Waals surface area contributed by atoms with Gasteiger partial charge in [0.15, 0.2) is 0 Å². The highest BCUT2D eigenvalue weighted by Crippen LogP contribution is 2.17. The zero-order chi connectivity index (χ0) is 14.5. The van der Waals surface area contributed by atoms with E-state index in [1.54, 1.807) is 6.92 Å². The number of rotatable bonds is 5. The fourth-order valence-electron chi connectivity index (χ4n) is 2.11. The van der Waals surface area contributed by atoms with Gasteiger partial charge in [-0.15, -0.1) is 12.4 Å². The van der Waals surface area contributed by atoms with Crippen molar-refractivity contribution in [1.82, 2.24) is 10.5 Å². The van der Waals surface area contributed by atoms with E-state index in [0.717, 1.165) is 17.8 Å². The molecular formula is C15H20ClN3O2. The maximum atomic E-state index is 12.3. The van der Waals surface area contributed by atoms with E-state index in [9.17, 15) is 4.79 Å². The van der Waals surface area contributed by atoms with Crippen molar-refractivity contribution in [2.24, 2.45) is 0 Å². The smallest absolute Gasteiger partial charge is 0.261 e. The molecule has 0 fully saturated rings. The number of nitrogens with one attached hydrogen (secondary N) is 2. The molecule has 114 valence electrons. The highest BCUT2D eigenvalue weighted by atomic mass is 35.5. The van der Waals surface area contributed by atoms with Gasteiger partial charge in [0.2, 0.25) is 0 Å². The SMILES string of the molecule is CCc1onc(C)c1C(=O)Nc1cccc(CNC)c1.Cl. The third-order valence-corrected chi connectivity index (χ3v) is 3.05. The Balaban J connectivity index is 0.00000220. The Hall–Kier alpha value is -1.85. The molecule has 0 unspecified atom stereocenters. The van der Waals surface area contributed by atoms with Crippen molar-refractivity contribution in [1.29, 1.82) is 0 Å². The molecule has 0 bridgehead atoms. The first-order valence-electron chi connectivity index (χ1n) is 6.65. The Morgan fingerprint density at radius 3 is 2.81 bits per heavy atom. The van der Waals surface area contributed by atoms with Gasteiger partial charge < -0.3 is 15.2 Å². The second-order valence-corrected chi connectivity index (χ2v) is 4.60. The van der Waals surface area contributed by atoms with Gasteiger partial charge in [0.1, 0.15) is 11.3 Å². The van der Waals surface area contributed by atoms with Gasteiger partial charge in [-0.05, 0) is 31.7 Å². The Morgan fingerprint density at radius 2 is 2.14 bits per heavy atom. The van der Waals surface area contributed by atoms with E-state index in [-0.39, 0.29) is 18.3 Å². The third kappa shape index (κ3) is 4.06. The second-order valence-electron chi connectivity index (χ2n) is 4.60. The van der Waals surface area contributed by atoms with Crippen LogP contribution in [-0.4, -0.2) is 18.1 Å². The number of hydrogen-bond acceptors (Lipinski definition) is 4. The summed E-state index contributed by atoms with van der Waals surface area (Å²) in [6.07, 6.45) is 0.642. The Labute approximate surface area is 130 Å². The summed E-state index contributed by atoms with van der Waals surface area (Å²) in [5.74, 6) is 0.439. The lowest BCUT2D eigenvalue weighted by Crippen LogP contribution is -2.14. The maximum Gasteiger partial charge on any atom is 0.261 e. The van der Waals surface area contributed by atoms with E-state index in [1.807, 2.05) is 38.2 Å². The van der Waals surface area contributed by atoms with Crippen LogP contribution < -0.4 is 10.6 Å². The van der Waals surface area contributed by atoms with E-state index >= 15 is 0 Å². The predicted molar refractivity (Wildman–Crippen MR) is 85.0 cm³/mol. The number of anilines is 1. The molecular weight excluding hydrogens is 290 g/mol. The van der Waals surface area contributed by atoms with Crippen molar-refractivity contribution in [2.75, 3.05) is 12.4 Å². The number of aromatic nitrogens is 1. The van der Waals surface area contributed by atoms with Crippen LogP contribution in [-0.2, 0) is 13.0 Å². The lowest BCUT2D eigenvalue weighted by molar-refractivity contribution is 0.102. The molecule has 1 amide bonds. The number of amides is 1. The van der Waals surface area contributed by atoms with Crippen molar-refractivity contribution in [3.05, 3.63) is 46.8 Å². The van der Waals surface area contributed by atoms with E-state index in [0.29, 0.717) is 23.4 Å². The number of nitrogens with zero attached hydrogens (tertiary/aromatic N) is 1. The zero-order valence-electron chi connectivity index (χ0n) is 12.4. The molecule has 0 atom stereocenters. The Bertz CT molecular complexity index is 611. The van der Waals surface area contributed by atoms with Crippen molar-refractivity contribution >= 4 is 24.0 Å². The van der Waals surface area contributed by atoms with Crippen LogP contribution in [0.5, 0.6) is 0 Å². The van der Waals surface area contributed by atoms with Crippen molar-refractivity contribution in [2.45, 2.75) is 26.8 Å². The minimum absolute atomic E-state index is 0.